The Morgan fingerprint density at radius 1 is 0.944 bits per heavy atom. The van der Waals surface area contributed by atoms with Crippen molar-refractivity contribution in [3.05, 3.63) is 53.7 Å². The van der Waals surface area contributed by atoms with Crippen LogP contribution in [0.15, 0.2) is 42.6 Å². The summed E-state index contributed by atoms with van der Waals surface area (Å²) >= 11 is 0. The summed E-state index contributed by atoms with van der Waals surface area (Å²) < 4.78 is 0. The molecule has 0 bridgehead atoms. The fourth-order valence-corrected chi connectivity index (χ4v) is 2.82. The predicted molar refractivity (Wildman–Crippen MR) is 75.6 cm³/mol. The first kappa shape index (κ1) is 11.5. The number of rotatable bonds is 2. The maximum absolute atomic E-state index is 4.48. The first-order chi connectivity index (χ1) is 8.83. The molecule has 0 amide bonds. The van der Waals surface area contributed by atoms with Gasteiger partial charge in [-0.1, -0.05) is 43.2 Å². The highest BCUT2D eigenvalue weighted by Crippen LogP contribution is 2.34. The van der Waals surface area contributed by atoms with E-state index in [4.69, 9.17) is 0 Å². The van der Waals surface area contributed by atoms with Crippen LogP contribution in [0.4, 0.5) is 0 Å². The van der Waals surface area contributed by atoms with Crippen LogP contribution in [-0.4, -0.2) is 4.98 Å². The molecular weight excluding hydrogens is 218 g/mol. The number of hydrogen-bond acceptors (Lipinski definition) is 1. The second kappa shape index (κ2) is 4.93. The minimum absolute atomic E-state index is 0.796. The van der Waals surface area contributed by atoms with Crippen LogP contribution in [0.5, 0.6) is 0 Å². The number of nitrogens with zero attached hydrogens (tertiary/aromatic N) is 1. The van der Waals surface area contributed by atoms with Crippen molar-refractivity contribution in [2.45, 2.75) is 38.5 Å². The Morgan fingerprint density at radius 2 is 1.67 bits per heavy atom. The van der Waals surface area contributed by atoms with Crippen molar-refractivity contribution in [3.8, 4) is 11.3 Å². The van der Waals surface area contributed by atoms with Crippen molar-refractivity contribution in [1.82, 2.24) is 4.98 Å². The maximum atomic E-state index is 4.48. The lowest BCUT2D eigenvalue weighted by atomic mass is 9.96. The molecule has 0 atom stereocenters. The number of aromatic nitrogens is 1. The Labute approximate surface area is 109 Å². The van der Waals surface area contributed by atoms with E-state index in [1.807, 2.05) is 6.20 Å². The molecule has 92 valence electrons. The van der Waals surface area contributed by atoms with E-state index in [1.54, 1.807) is 0 Å². The zero-order chi connectivity index (χ0) is 12.4. The lowest BCUT2D eigenvalue weighted by Crippen LogP contribution is -1.92. The van der Waals surface area contributed by atoms with E-state index in [9.17, 15) is 0 Å². The average Bonchev–Trinajstić information content (AvgIpc) is 2.94. The molecule has 3 rings (SSSR count). The first-order valence-electron chi connectivity index (χ1n) is 6.86. The highest BCUT2D eigenvalue weighted by atomic mass is 14.7. The molecule has 1 saturated carbocycles. The molecule has 2 aromatic rings. The molecule has 1 aromatic carbocycles. The molecule has 0 N–H and O–H groups in total. The third-order valence-corrected chi connectivity index (χ3v) is 3.94. The second-order valence-electron chi connectivity index (χ2n) is 5.32. The van der Waals surface area contributed by atoms with Crippen LogP contribution in [-0.2, 0) is 0 Å². The number of aryl methyl sites for hydroxylation is 1. The Morgan fingerprint density at radius 3 is 2.28 bits per heavy atom. The van der Waals surface area contributed by atoms with Crippen LogP contribution in [0.3, 0.4) is 0 Å². The molecule has 0 aliphatic heterocycles. The van der Waals surface area contributed by atoms with Gasteiger partial charge in [-0.3, -0.25) is 4.98 Å². The largest absolute Gasteiger partial charge is 0.256 e. The summed E-state index contributed by atoms with van der Waals surface area (Å²) in [5.41, 5.74) is 5.00. The SMILES string of the molecule is Cc1ccc(-c2ccc(C3CCCC3)cc2)nc1. The number of pyridine rings is 1. The van der Waals surface area contributed by atoms with Crippen LogP contribution in [0.1, 0.15) is 42.7 Å². The zero-order valence-electron chi connectivity index (χ0n) is 10.9. The van der Waals surface area contributed by atoms with Crippen LogP contribution >= 0.6 is 0 Å². The van der Waals surface area contributed by atoms with Gasteiger partial charge in [0.1, 0.15) is 0 Å². The average molecular weight is 237 g/mol. The van der Waals surface area contributed by atoms with E-state index in [0.29, 0.717) is 0 Å². The normalized spacial score (nSPS) is 16.1. The molecule has 1 aliphatic rings. The third-order valence-electron chi connectivity index (χ3n) is 3.94. The minimum Gasteiger partial charge on any atom is -0.256 e. The van der Waals surface area contributed by atoms with E-state index in [2.05, 4.69) is 48.3 Å². The fraction of sp³-hybridized carbons (Fsp3) is 0.353. The standard InChI is InChI=1S/C17H19N/c1-13-6-11-17(18-12-13)16-9-7-15(8-10-16)14-4-2-3-5-14/h6-12,14H,2-5H2,1H3. The smallest absolute Gasteiger partial charge is 0.0702 e. The molecule has 1 nitrogen and oxygen atoms in total. The summed E-state index contributed by atoms with van der Waals surface area (Å²) in [7, 11) is 0. The first-order valence-corrected chi connectivity index (χ1v) is 6.86. The van der Waals surface area contributed by atoms with Crippen molar-refractivity contribution < 1.29 is 0 Å². The van der Waals surface area contributed by atoms with Gasteiger partial charge in [-0.2, -0.15) is 0 Å². The van der Waals surface area contributed by atoms with Gasteiger partial charge in [-0.05, 0) is 42.9 Å². The van der Waals surface area contributed by atoms with E-state index in [0.717, 1.165) is 11.6 Å². The quantitative estimate of drug-likeness (QED) is 0.736. The highest BCUT2D eigenvalue weighted by Gasteiger charge is 2.16. The van der Waals surface area contributed by atoms with Crippen molar-refractivity contribution >= 4 is 0 Å². The Bertz CT molecular complexity index is 504. The lowest BCUT2D eigenvalue weighted by molar-refractivity contribution is 0.723. The molecule has 0 spiro atoms. The highest BCUT2D eigenvalue weighted by molar-refractivity contribution is 5.59. The summed E-state index contributed by atoms with van der Waals surface area (Å²) in [5, 5.41) is 0. The van der Waals surface area contributed by atoms with Gasteiger partial charge >= 0.3 is 0 Å². The molecule has 1 fully saturated rings. The molecule has 1 heteroatoms. The minimum atomic E-state index is 0.796. The van der Waals surface area contributed by atoms with Gasteiger partial charge in [0, 0.05) is 11.8 Å². The molecule has 0 radical (unpaired) electrons. The topological polar surface area (TPSA) is 12.9 Å². The van der Waals surface area contributed by atoms with Gasteiger partial charge in [0.2, 0.25) is 0 Å². The molecule has 1 aliphatic carbocycles. The Balaban J connectivity index is 1.84. The molecule has 1 aromatic heterocycles. The van der Waals surface area contributed by atoms with E-state index in [-0.39, 0.29) is 0 Å². The monoisotopic (exact) mass is 237 g/mol. The van der Waals surface area contributed by atoms with Gasteiger partial charge < -0.3 is 0 Å². The van der Waals surface area contributed by atoms with Crippen molar-refractivity contribution in [1.29, 1.82) is 0 Å². The maximum Gasteiger partial charge on any atom is 0.0702 e. The fourth-order valence-electron chi connectivity index (χ4n) is 2.82. The van der Waals surface area contributed by atoms with Crippen molar-refractivity contribution in [2.75, 3.05) is 0 Å². The molecule has 0 saturated heterocycles. The summed E-state index contributed by atoms with van der Waals surface area (Å²) in [6.45, 7) is 2.07. The van der Waals surface area contributed by atoms with E-state index < -0.39 is 0 Å². The summed E-state index contributed by atoms with van der Waals surface area (Å²) in [4.78, 5) is 4.48. The Hall–Kier alpha value is -1.63. The molecule has 18 heavy (non-hydrogen) atoms. The lowest BCUT2D eigenvalue weighted by Gasteiger charge is -2.10. The van der Waals surface area contributed by atoms with Crippen molar-refractivity contribution in [3.63, 3.8) is 0 Å². The molecular formula is C17H19N. The van der Waals surface area contributed by atoms with Gasteiger partial charge in [-0.25, -0.2) is 0 Å². The summed E-state index contributed by atoms with van der Waals surface area (Å²) in [6.07, 6.45) is 7.45. The van der Waals surface area contributed by atoms with Gasteiger partial charge in [0.05, 0.1) is 5.69 Å². The number of benzene rings is 1. The van der Waals surface area contributed by atoms with Crippen LogP contribution in [0, 0.1) is 6.92 Å². The van der Waals surface area contributed by atoms with Gasteiger partial charge in [0.25, 0.3) is 0 Å². The Kier molecular flexibility index (Phi) is 3.14. The summed E-state index contributed by atoms with van der Waals surface area (Å²) in [5.74, 6) is 0.796. The van der Waals surface area contributed by atoms with E-state index >= 15 is 0 Å². The zero-order valence-corrected chi connectivity index (χ0v) is 10.9. The molecule has 1 heterocycles. The third kappa shape index (κ3) is 2.31. The van der Waals surface area contributed by atoms with Crippen LogP contribution in [0.2, 0.25) is 0 Å². The predicted octanol–water partition coefficient (Wildman–Crippen LogP) is 4.71. The van der Waals surface area contributed by atoms with Gasteiger partial charge in [0.15, 0.2) is 0 Å². The summed E-state index contributed by atoms with van der Waals surface area (Å²) in [6, 6.07) is 13.2. The van der Waals surface area contributed by atoms with Crippen LogP contribution < -0.4 is 0 Å². The second-order valence-corrected chi connectivity index (χ2v) is 5.32. The van der Waals surface area contributed by atoms with Gasteiger partial charge in [-0.15, -0.1) is 0 Å². The number of hydrogen-bond donors (Lipinski definition) is 0. The van der Waals surface area contributed by atoms with Crippen molar-refractivity contribution in [2.24, 2.45) is 0 Å². The van der Waals surface area contributed by atoms with Crippen LogP contribution in [0.25, 0.3) is 11.3 Å². The molecule has 0 unspecified atom stereocenters. The van der Waals surface area contributed by atoms with E-state index in [1.165, 1.54) is 42.4 Å².